The zero-order valence-electron chi connectivity index (χ0n) is 17.0. The molecule has 1 aliphatic rings. The highest BCUT2D eigenvalue weighted by Gasteiger charge is 2.25. The van der Waals surface area contributed by atoms with E-state index >= 15 is 0 Å². The summed E-state index contributed by atoms with van der Waals surface area (Å²) in [5, 5.41) is 1.53. The van der Waals surface area contributed by atoms with Gasteiger partial charge in [-0.15, -0.1) is 0 Å². The Hall–Kier alpha value is -1.70. The maximum Gasteiger partial charge on any atom is 0.261 e. The third-order valence-corrected chi connectivity index (χ3v) is 7.07. The fourth-order valence-electron chi connectivity index (χ4n) is 3.52. The second kappa shape index (κ2) is 9.20. The lowest BCUT2D eigenvalue weighted by molar-refractivity contribution is 0.0391. The standard InChI is InChI=1S/C22H23Cl2N3O2S/c1-14-3-4-15(2)20-19(14)25-22(30-20)27(8-7-26-9-11-29-12-10-26)21(28)17-6-5-16(23)13-18(17)24/h3-6,13H,7-12H2,1-2H3. The zero-order valence-corrected chi connectivity index (χ0v) is 19.3. The van der Waals surface area contributed by atoms with Crippen LogP contribution < -0.4 is 4.90 Å². The number of aromatic nitrogens is 1. The summed E-state index contributed by atoms with van der Waals surface area (Å²) >= 11 is 13.9. The number of hydrogen-bond donors (Lipinski definition) is 0. The van der Waals surface area contributed by atoms with Gasteiger partial charge in [0.1, 0.15) is 0 Å². The van der Waals surface area contributed by atoms with Crippen molar-refractivity contribution in [3.8, 4) is 0 Å². The molecule has 0 bridgehead atoms. The van der Waals surface area contributed by atoms with Crippen LogP contribution in [0.25, 0.3) is 10.2 Å². The molecule has 30 heavy (non-hydrogen) atoms. The van der Waals surface area contributed by atoms with E-state index in [0.29, 0.717) is 27.3 Å². The Morgan fingerprint density at radius 3 is 2.60 bits per heavy atom. The number of morpholine rings is 1. The third-order valence-electron chi connectivity index (χ3n) is 5.31. The minimum absolute atomic E-state index is 0.167. The van der Waals surface area contributed by atoms with Crippen LogP contribution in [-0.2, 0) is 4.74 Å². The third kappa shape index (κ3) is 4.48. The summed E-state index contributed by atoms with van der Waals surface area (Å²) in [5.41, 5.74) is 3.63. The van der Waals surface area contributed by atoms with Crippen molar-refractivity contribution in [3.05, 3.63) is 57.1 Å². The molecule has 1 aromatic heterocycles. The number of ether oxygens (including phenoxy) is 1. The SMILES string of the molecule is Cc1ccc(C)c2sc(N(CCN3CCOCC3)C(=O)c3ccc(Cl)cc3Cl)nc12. The van der Waals surface area contributed by atoms with Crippen LogP contribution >= 0.6 is 34.5 Å². The fourth-order valence-corrected chi connectivity index (χ4v) is 5.15. The second-order valence-electron chi connectivity index (χ2n) is 7.41. The number of rotatable bonds is 5. The van der Waals surface area contributed by atoms with Gasteiger partial charge in [-0.25, -0.2) is 4.98 Å². The molecule has 0 atom stereocenters. The van der Waals surface area contributed by atoms with Gasteiger partial charge >= 0.3 is 0 Å². The number of carbonyl (C=O) groups excluding carboxylic acids is 1. The van der Waals surface area contributed by atoms with Crippen LogP contribution in [0.1, 0.15) is 21.5 Å². The molecule has 0 spiro atoms. The first-order valence-corrected chi connectivity index (χ1v) is 11.4. The molecule has 0 aliphatic carbocycles. The van der Waals surface area contributed by atoms with Crippen LogP contribution in [0.5, 0.6) is 0 Å². The molecule has 0 N–H and O–H groups in total. The molecule has 1 saturated heterocycles. The van der Waals surface area contributed by atoms with Crippen molar-refractivity contribution in [3.63, 3.8) is 0 Å². The van der Waals surface area contributed by atoms with E-state index in [1.807, 2.05) is 6.92 Å². The number of hydrogen-bond acceptors (Lipinski definition) is 5. The summed E-state index contributed by atoms with van der Waals surface area (Å²) < 4.78 is 6.55. The fraction of sp³-hybridized carbons (Fsp3) is 0.364. The van der Waals surface area contributed by atoms with Gasteiger partial charge in [0, 0.05) is 31.2 Å². The normalized spacial score (nSPS) is 14.9. The van der Waals surface area contributed by atoms with Crippen molar-refractivity contribution in [2.75, 3.05) is 44.3 Å². The molecule has 4 rings (SSSR count). The number of nitrogens with zero attached hydrogens (tertiary/aromatic N) is 3. The first-order chi connectivity index (χ1) is 14.4. The molecule has 0 unspecified atom stereocenters. The van der Waals surface area contributed by atoms with Gasteiger partial charge in [-0.05, 0) is 43.2 Å². The predicted molar refractivity (Wildman–Crippen MR) is 124 cm³/mol. The second-order valence-corrected chi connectivity index (χ2v) is 9.23. The monoisotopic (exact) mass is 463 g/mol. The van der Waals surface area contributed by atoms with Gasteiger partial charge in [-0.2, -0.15) is 0 Å². The molecule has 2 aromatic carbocycles. The zero-order chi connectivity index (χ0) is 21.3. The minimum Gasteiger partial charge on any atom is -0.379 e. The number of benzene rings is 2. The van der Waals surface area contributed by atoms with Gasteiger partial charge < -0.3 is 4.74 Å². The van der Waals surface area contributed by atoms with Crippen molar-refractivity contribution in [2.24, 2.45) is 0 Å². The van der Waals surface area contributed by atoms with Gasteiger partial charge in [-0.1, -0.05) is 46.7 Å². The molecular weight excluding hydrogens is 441 g/mol. The maximum absolute atomic E-state index is 13.5. The van der Waals surface area contributed by atoms with Crippen LogP contribution in [0.3, 0.4) is 0 Å². The summed E-state index contributed by atoms with van der Waals surface area (Å²) in [5.74, 6) is -0.167. The summed E-state index contributed by atoms with van der Waals surface area (Å²) in [6.07, 6.45) is 0. The average molecular weight is 464 g/mol. The van der Waals surface area contributed by atoms with Crippen LogP contribution in [0, 0.1) is 13.8 Å². The van der Waals surface area contributed by atoms with Crippen molar-refractivity contribution in [2.45, 2.75) is 13.8 Å². The average Bonchev–Trinajstić information content (AvgIpc) is 3.18. The number of fused-ring (bicyclic) bond motifs is 1. The Kier molecular flexibility index (Phi) is 6.60. The highest BCUT2D eigenvalue weighted by atomic mass is 35.5. The minimum atomic E-state index is -0.167. The Morgan fingerprint density at radius 1 is 1.17 bits per heavy atom. The van der Waals surface area contributed by atoms with E-state index in [-0.39, 0.29) is 5.91 Å². The molecule has 0 radical (unpaired) electrons. The molecule has 158 valence electrons. The Labute approximate surface area is 190 Å². The molecule has 1 aliphatic heterocycles. The molecule has 0 saturated carbocycles. The van der Waals surface area contributed by atoms with Crippen LogP contribution in [0.4, 0.5) is 5.13 Å². The molecular formula is C22H23Cl2N3O2S. The van der Waals surface area contributed by atoms with E-state index in [1.54, 1.807) is 34.4 Å². The van der Waals surface area contributed by atoms with E-state index in [9.17, 15) is 4.79 Å². The summed E-state index contributed by atoms with van der Waals surface area (Å²) in [4.78, 5) is 22.4. The largest absolute Gasteiger partial charge is 0.379 e. The van der Waals surface area contributed by atoms with E-state index < -0.39 is 0 Å². The lowest BCUT2D eigenvalue weighted by atomic mass is 10.1. The molecule has 1 amide bonds. The Morgan fingerprint density at radius 2 is 1.90 bits per heavy atom. The van der Waals surface area contributed by atoms with E-state index in [2.05, 4.69) is 24.0 Å². The smallest absolute Gasteiger partial charge is 0.261 e. The van der Waals surface area contributed by atoms with Gasteiger partial charge in [0.15, 0.2) is 5.13 Å². The van der Waals surface area contributed by atoms with E-state index in [0.717, 1.165) is 54.2 Å². The molecule has 8 heteroatoms. The molecule has 1 fully saturated rings. The molecule has 3 aromatic rings. The number of amides is 1. The Bertz CT molecular complexity index is 1040. The first-order valence-electron chi connectivity index (χ1n) is 9.88. The first kappa shape index (κ1) is 21.5. The topological polar surface area (TPSA) is 45.7 Å². The van der Waals surface area contributed by atoms with Crippen LogP contribution in [-0.4, -0.2) is 55.2 Å². The maximum atomic E-state index is 13.5. The van der Waals surface area contributed by atoms with E-state index in [1.165, 1.54) is 0 Å². The summed E-state index contributed by atoms with van der Waals surface area (Å²) in [6, 6.07) is 9.13. The van der Waals surface area contributed by atoms with Crippen molar-refractivity contribution in [1.82, 2.24) is 9.88 Å². The number of halogens is 2. The number of anilines is 1. The predicted octanol–water partition coefficient (Wildman–Crippen LogP) is 5.20. The number of aryl methyl sites for hydroxylation is 2. The summed E-state index contributed by atoms with van der Waals surface area (Å²) in [7, 11) is 0. The number of carbonyl (C=O) groups is 1. The number of thiazole rings is 1. The van der Waals surface area contributed by atoms with E-state index in [4.69, 9.17) is 32.9 Å². The van der Waals surface area contributed by atoms with Crippen molar-refractivity contribution in [1.29, 1.82) is 0 Å². The van der Waals surface area contributed by atoms with Crippen LogP contribution in [0.2, 0.25) is 10.0 Å². The lowest BCUT2D eigenvalue weighted by Gasteiger charge is -2.29. The highest BCUT2D eigenvalue weighted by molar-refractivity contribution is 7.22. The summed E-state index contributed by atoms with van der Waals surface area (Å²) in [6.45, 7) is 8.54. The van der Waals surface area contributed by atoms with Crippen molar-refractivity contribution < 1.29 is 9.53 Å². The van der Waals surface area contributed by atoms with Gasteiger partial charge in [0.05, 0.1) is 34.0 Å². The van der Waals surface area contributed by atoms with Crippen molar-refractivity contribution >= 4 is 55.8 Å². The van der Waals surface area contributed by atoms with Crippen LogP contribution in [0.15, 0.2) is 30.3 Å². The van der Waals surface area contributed by atoms with Gasteiger partial charge in [0.25, 0.3) is 5.91 Å². The highest BCUT2D eigenvalue weighted by Crippen LogP contribution is 2.34. The molecule has 2 heterocycles. The molecule has 5 nitrogen and oxygen atoms in total. The Balaban J connectivity index is 1.70. The quantitative estimate of drug-likeness (QED) is 0.521. The van der Waals surface area contributed by atoms with Gasteiger partial charge in [-0.3, -0.25) is 14.6 Å². The lowest BCUT2D eigenvalue weighted by Crippen LogP contribution is -2.43. The van der Waals surface area contributed by atoms with Gasteiger partial charge in [0.2, 0.25) is 0 Å².